The summed E-state index contributed by atoms with van der Waals surface area (Å²) < 4.78 is 5.10. The van der Waals surface area contributed by atoms with Crippen LogP contribution in [0.5, 0.6) is 5.88 Å². The summed E-state index contributed by atoms with van der Waals surface area (Å²) in [5.41, 5.74) is 1.26. The molecule has 0 fully saturated rings. The van der Waals surface area contributed by atoms with E-state index in [1.54, 1.807) is 13.1 Å². The van der Waals surface area contributed by atoms with Gasteiger partial charge in [0.25, 0.3) is 5.91 Å². The maximum atomic E-state index is 11.6. The predicted molar refractivity (Wildman–Crippen MR) is 61.7 cm³/mol. The standard InChI is InChI=1S/C12H12N2O2/c1-13-11(15)9-7-8-5-3-4-6-10(8)14-12(9)16-2/h3-7H,1-2H3,(H,13,15). The first-order valence-electron chi connectivity index (χ1n) is 4.92. The van der Waals surface area contributed by atoms with E-state index in [0.29, 0.717) is 11.4 Å². The second-order valence-corrected chi connectivity index (χ2v) is 3.32. The van der Waals surface area contributed by atoms with Gasteiger partial charge in [0.15, 0.2) is 0 Å². The van der Waals surface area contributed by atoms with E-state index in [9.17, 15) is 4.79 Å². The Kier molecular flexibility index (Phi) is 2.72. The zero-order chi connectivity index (χ0) is 11.5. The zero-order valence-corrected chi connectivity index (χ0v) is 9.15. The molecule has 2 rings (SSSR count). The van der Waals surface area contributed by atoms with Gasteiger partial charge in [-0.25, -0.2) is 4.98 Å². The summed E-state index contributed by atoms with van der Waals surface area (Å²) in [7, 11) is 3.08. The van der Waals surface area contributed by atoms with E-state index in [0.717, 1.165) is 10.9 Å². The number of aromatic nitrogens is 1. The van der Waals surface area contributed by atoms with Crippen molar-refractivity contribution in [1.29, 1.82) is 0 Å². The second kappa shape index (κ2) is 4.18. The van der Waals surface area contributed by atoms with Crippen LogP contribution in [-0.2, 0) is 0 Å². The lowest BCUT2D eigenvalue weighted by molar-refractivity contribution is 0.0959. The Morgan fingerprint density at radius 1 is 1.38 bits per heavy atom. The Morgan fingerprint density at radius 3 is 2.81 bits per heavy atom. The highest BCUT2D eigenvalue weighted by molar-refractivity contribution is 5.99. The molecular formula is C12H12N2O2. The van der Waals surface area contributed by atoms with Crippen LogP contribution in [0.25, 0.3) is 10.9 Å². The van der Waals surface area contributed by atoms with Crippen molar-refractivity contribution in [1.82, 2.24) is 10.3 Å². The fourth-order valence-corrected chi connectivity index (χ4v) is 1.55. The molecule has 0 aliphatic carbocycles. The van der Waals surface area contributed by atoms with Crippen molar-refractivity contribution in [2.75, 3.05) is 14.2 Å². The van der Waals surface area contributed by atoms with Crippen LogP contribution in [0.2, 0.25) is 0 Å². The molecule has 4 nitrogen and oxygen atoms in total. The van der Waals surface area contributed by atoms with Crippen molar-refractivity contribution in [2.24, 2.45) is 0 Å². The molecule has 0 aliphatic heterocycles. The molecule has 1 heterocycles. The Hall–Kier alpha value is -2.10. The van der Waals surface area contributed by atoms with E-state index in [-0.39, 0.29) is 5.91 Å². The van der Waals surface area contributed by atoms with Gasteiger partial charge >= 0.3 is 0 Å². The fraction of sp³-hybridized carbons (Fsp3) is 0.167. The summed E-state index contributed by atoms with van der Waals surface area (Å²) >= 11 is 0. The van der Waals surface area contributed by atoms with Gasteiger partial charge in [-0.05, 0) is 12.1 Å². The molecule has 82 valence electrons. The molecule has 16 heavy (non-hydrogen) atoms. The van der Waals surface area contributed by atoms with Gasteiger partial charge in [-0.3, -0.25) is 4.79 Å². The Morgan fingerprint density at radius 2 is 2.12 bits per heavy atom. The van der Waals surface area contributed by atoms with Crippen LogP contribution in [-0.4, -0.2) is 25.0 Å². The molecule has 1 N–H and O–H groups in total. The Bertz CT molecular complexity index is 538. The molecule has 0 unspecified atom stereocenters. The molecule has 0 saturated carbocycles. The molecule has 1 aromatic carbocycles. The summed E-state index contributed by atoms with van der Waals surface area (Å²) in [4.78, 5) is 15.9. The average molecular weight is 216 g/mol. The number of para-hydroxylation sites is 1. The van der Waals surface area contributed by atoms with Gasteiger partial charge in [0.05, 0.1) is 12.6 Å². The fourth-order valence-electron chi connectivity index (χ4n) is 1.55. The summed E-state index contributed by atoms with van der Waals surface area (Å²) in [5, 5.41) is 3.48. The molecule has 4 heteroatoms. The number of hydrogen-bond donors (Lipinski definition) is 1. The largest absolute Gasteiger partial charge is 0.480 e. The topological polar surface area (TPSA) is 51.2 Å². The maximum absolute atomic E-state index is 11.6. The highest BCUT2D eigenvalue weighted by Crippen LogP contribution is 2.21. The molecular weight excluding hydrogens is 204 g/mol. The molecule has 0 spiro atoms. The number of nitrogens with zero attached hydrogens (tertiary/aromatic N) is 1. The van der Waals surface area contributed by atoms with E-state index in [4.69, 9.17) is 4.74 Å². The van der Waals surface area contributed by atoms with Gasteiger partial charge in [0, 0.05) is 12.4 Å². The SMILES string of the molecule is CNC(=O)c1cc2ccccc2nc1OC. The van der Waals surface area contributed by atoms with E-state index in [1.807, 2.05) is 24.3 Å². The highest BCUT2D eigenvalue weighted by atomic mass is 16.5. The minimum absolute atomic E-state index is 0.199. The van der Waals surface area contributed by atoms with Crippen LogP contribution in [0.3, 0.4) is 0 Å². The lowest BCUT2D eigenvalue weighted by atomic mass is 10.1. The van der Waals surface area contributed by atoms with Crippen molar-refractivity contribution >= 4 is 16.8 Å². The minimum atomic E-state index is -0.199. The second-order valence-electron chi connectivity index (χ2n) is 3.32. The van der Waals surface area contributed by atoms with Crippen molar-refractivity contribution in [2.45, 2.75) is 0 Å². The third-order valence-corrected chi connectivity index (χ3v) is 2.35. The number of nitrogens with one attached hydrogen (secondary N) is 1. The summed E-state index contributed by atoms with van der Waals surface area (Å²) in [6.45, 7) is 0. The first-order valence-corrected chi connectivity index (χ1v) is 4.92. The number of methoxy groups -OCH3 is 1. The van der Waals surface area contributed by atoms with Crippen LogP contribution in [0, 0.1) is 0 Å². The number of carbonyl (C=O) groups is 1. The molecule has 0 atom stereocenters. The van der Waals surface area contributed by atoms with Crippen molar-refractivity contribution in [3.63, 3.8) is 0 Å². The van der Waals surface area contributed by atoms with Crippen LogP contribution >= 0.6 is 0 Å². The number of ether oxygens (including phenoxy) is 1. The highest BCUT2D eigenvalue weighted by Gasteiger charge is 2.13. The number of amides is 1. The van der Waals surface area contributed by atoms with Crippen molar-refractivity contribution < 1.29 is 9.53 Å². The van der Waals surface area contributed by atoms with Crippen molar-refractivity contribution in [3.05, 3.63) is 35.9 Å². The predicted octanol–water partition coefficient (Wildman–Crippen LogP) is 1.60. The first-order chi connectivity index (χ1) is 7.76. The summed E-state index contributed by atoms with van der Waals surface area (Å²) in [6.07, 6.45) is 0. The van der Waals surface area contributed by atoms with Crippen LogP contribution in [0.1, 0.15) is 10.4 Å². The van der Waals surface area contributed by atoms with Gasteiger partial charge in [-0.1, -0.05) is 18.2 Å². The Balaban J connectivity index is 2.67. The number of benzene rings is 1. The molecule has 0 bridgehead atoms. The molecule has 1 amide bonds. The van der Waals surface area contributed by atoms with E-state index in [1.165, 1.54) is 7.11 Å². The average Bonchev–Trinajstić information content (AvgIpc) is 2.36. The van der Waals surface area contributed by atoms with Crippen LogP contribution in [0.15, 0.2) is 30.3 Å². The van der Waals surface area contributed by atoms with Gasteiger partial charge < -0.3 is 10.1 Å². The van der Waals surface area contributed by atoms with Crippen LogP contribution < -0.4 is 10.1 Å². The zero-order valence-electron chi connectivity index (χ0n) is 9.15. The summed E-state index contributed by atoms with van der Waals surface area (Å²) in [6, 6.07) is 9.37. The quantitative estimate of drug-likeness (QED) is 0.829. The molecule has 0 radical (unpaired) electrons. The van der Waals surface area contributed by atoms with Gasteiger partial charge in [-0.2, -0.15) is 0 Å². The number of carbonyl (C=O) groups excluding carboxylic acids is 1. The van der Waals surface area contributed by atoms with Gasteiger partial charge in [0.1, 0.15) is 5.56 Å². The first kappa shape index (κ1) is 10.4. The summed E-state index contributed by atoms with van der Waals surface area (Å²) in [5.74, 6) is 0.146. The van der Waals surface area contributed by atoms with E-state index >= 15 is 0 Å². The molecule has 0 saturated heterocycles. The number of hydrogen-bond acceptors (Lipinski definition) is 3. The third kappa shape index (κ3) is 1.69. The van der Waals surface area contributed by atoms with Crippen LogP contribution in [0.4, 0.5) is 0 Å². The Labute approximate surface area is 93.3 Å². The van der Waals surface area contributed by atoms with Gasteiger partial charge in [0.2, 0.25) is 5.88 Å². The molecule has 2 aromatic rings. The van der Waals surface area contributed by atoms with Crippen molar-refractivity contribution in [3.8, 4) is 5.88 Å². The normalized spacial score (nSPS) is 10.1. The number of rotatable bonds is 2. The van der Waals surface area contributed by atoms with E-state index < -0.39 is 0 Å². The third-order valence-electron chi connectivity index (χ3n) is 2.35. The lowest BCUT2D eigenvalue weighted by Gasteiger charge is -2.07. The number of pyridine rings is 1. The maximum Gasteiger partial charge on any atom is 0.256 e. The molecule has 0 aliphatic rings. The van der Waals surface area contributed by atoms with Gasteiger partial charge in [-0.15, -0.1) is 0 Å². The van der Waals surface area contributed by atoms with E-state index in [2.05, 4.69) is 10.3 Å². The number of fused-ring (bicyclic) bond motifs is 1. The monoisotopic (exact) mass is 216 g/mol. The minimum Gasteiger partial charge on any atom is -0.480 e. The smallest absolute Gasteiger partial charge is 0.256 e. The molecule has 1 aromatic heterocycles. The lowest BCUT2D eigenvalue weighted by Crippen LogP contribution is -2.19.